The Bertz CT molecular complexity index is 557. The number of allylic oxidation sites excluding steroid dienone is 1. The highest BCUT2D eigenvalue weighted by Gasteiger charge is 2.25. The first-order valence-electron chi connectivity index (χ1n) is 12.1. The van der Waals surface area contributed by atoms with E-state index in [1.54, 1.807) is 6.08 Å². The first-order valence-corrected chi connectivity index (χ1v) is 12.7. The van der Waals surface area contributed by atoms with Crippen molar-refractivity contribution in [2.75, 3.05) is 12.3 Å². The van der Waals surface area contributed by atoms with Crippen LogP contribution in [0, 0.1) is 5.92 Å². The van der Waals surface area contributed by atoms with E-state index in [9.17, 15) is 19.5 Å². The molecule has 32 heavy (non-hydrogen) atoms. The highest BCUT2D eigenvalue weighted by molar-refractivity contribution is 7.80. The van der Waals surface area contributed by atoms with Gasteiger partial charge in [0.2, 0.25) is 5.91 Å². The number of hydrogen-bond acceptors (Lipinski definition) is 6. The fraction of sp³-hybridized carbons (Fsp3) is 0.792. The number of aliphatic hydroxyl groups excluding tert-OH is 1. The van der Waals surface area contributed by atoms with E-state index in [-0.39, 0.29) is 30.9 Å². The average Bonchev–Trinajstić information content (AvgIpc) is 2.78. The molecule has 5 N–H and O–H groups in total. The van der Waals surface area contributed by atoms with Crippen molar-refractivity contribution in [1.29, 1.82) is 0 Å². The Labute approximate surface area is 199 Å². The summed E-state index contributed by atoms with van der Waals surface area (Å²) in [6, 6.07) is -0.812. The molecule has 186 valence electrons. The third kappa shape index (κ3) is 16.3. The summed E-state index contributed by atoms with van der Waals surface area (Å²) in [4.78, 5) is 35.1. The van der Waals surface area contributed by atoms with Crippen LogP contribution in [0.5, 0.6) is 0 Å². The number of unbranched alkanes of at least 4 members (excludes halogenated alkanes) is 10. The second kappa shape index (κ2) is 20.2. The lowest BCUT2D eigenvalue weighted by Gasteiger charge is -2.19. The number of carboxylic acids is 1. The fourth-order valence-corrected chi connectivity index (χ4v) is 3.57. The van der Waals surface area contributed by atoms with Gasteiger partial charge < -0.3 is 21.3 Å². The lowest BCUT2D eigenvalue weighted by molar-refractivity contribution is -0.138. The van der Waals surface area contributed by atoms with E-state index in [1.807, 2.05) is 6.08 Å². The number of carbonyl (C=O) groups excluding carboxylic acids is 2. The number of aliphatic hydroxyl groups is 1. The van der Waals surface area contributed by atoms with E-state index in [0.29, 0.717) is 0 Å². The van der Waals surface area contributed by atoms with E-state index < -0.39 is 29.9 Å². The van der Waals surface area contributed by atoms with Crippen LogP contribution in [0.4, 0.5) is 0 Å². The van der Waals surface area contributed by atoms with Crippen LogP contribution in [0.3, 0.4) is 0 Å². The summed E-state index contributed by atoms with van der Waals surface area (Å²) in [7, 11) is 0. The van der Waals surface area contributed by atoms with Gasteiger partial charge in [-0.25, -0.2) is 0 Å². The van der Waals surface area contributed by atoms with Crippen molar-refractivity contribution < 1.29 is 24.6 Å². The predicted octanol–water partition coefficient (Wildman–Crippen LogP) is 3.64. The molecule has 0 radical (unpaired) electrons. The van der Waals surface area contributed by atoms with Crippen LogP contribution < -0.4 is 11.1 Å². The molecule has 0 rings (SSSR count). The highest BCUT2D eigenvalue weighted by Crippen LogP contribution is 2.15. The molecular formula is C24H44N2O5S. The van der Waals surface area contributed by atoms with Crippen LogP contribution >= 0.6 is 12.6 Å². The van der Waals surface area contributed by atoms with Crippen LogP contribution in [0.1, 0.15) is 90.4 Å². The van der Waals surface area contributed by atoms with Gasteiger partial charge in [0.1, 0.15) is 0 Å². The molecule has 0 aromatic heterocycles. The zero-order chi connectivity index (χ0) is 24.2. The van der Waals surface area contributed by atoms with Gasteiger partial charge in [0.25, 0.3) is 0 Å². The molecule has 0 bridgehead atoms. The number of ketones is 1. The molecule has 0 aliphatic rings. The molecule has 0 spiro atoms. The number of hydrogen-bond donors (Lipinski definition) is 5. The molecule has 7 nitrogen and oxygen atoms in total. The maximum absolute atomic E-state index is 12.5. The van der Waals surface area contributed by atoms with Crippen LogP contribution in [-0.2, 0) is 14.4 Å². The summed E-state index contributed by atoms with van der Waals surface area (Å²) in [5, 5.41) is 21.6. The Kier molecular flexibility index (Phi) is 19.4. The van der Waals surface area contributed by atoms with Crippen LogP contribution in [0.15, 0.2) is 12.2 Å². The van der Waals surface area contributed by atoms with Crippen molar-refractivity contribution in [3.8, 4) is 0 Å². The topological polar surface area (TPSA) is 130 Å². The molecule has 8 heteroatoms. The lowest BCUT2D eigenvalue weighted by Crippen LogP contribution is -2.45. The maximum atomic E-state index is 12.5. The lowest BCUT2D eigenvalue weighted by atomic mass is 9.92. The largest absolute Gasteiger partial charge is 0.481 e. The first kappa shape index (κ1) is 30.6. The molecule has 0 heterocycles. The number of carboxylic acid groups (broad SMARTS) is 1. The number of rotatable bonds is 21. The van der Waals surface area contributed by atoms with Crippen LogP contribution in [0.25, 0.3) is 0 Å². The van der Waals surface area contributed by atoms with Gasteiger partial charge in [-0.2, -0.15) is 12.6 Å². The summed E-state index contributed by atoms with van der Waals surface area (Å²) in [5.74, 6) is -2.59. The first-order chi connectivity index (χ1) is 15.3. The molecule has 0 aromatic carbocycles. The van der Waals surface area contributed by atoms with Crippen molar-refractivity contribution in [3.63, 3.8) is 0 Å². The van der Waals surface area contributed by atoms with Crippen molar-refractivity contribution in [2.45, 2.75) is 103 Å². The SMILES string of the molecule is CCCCCCCCCCCC/C=C/C(C(=O)CNC(=O)C(N)CS)C(O)CCC(=O)O. The average molecular weight is 473 g/mol. The molecule has 1 amide bonds. The summed E-state index contributed by atoms with van der Waals surface area (Å²) in [6.07, 6.45) is 15.4. The van der Waals surface area contributed by atoms with Crippen LogP contribution in [-0.4, -0.2) is 52.3 Å². The van der Waals surface area contributed by atoms with Crippen molar-refractivity contribution in [3.05, 3.63) is 12.2 Å². The quantitative estimate of drug-likeness (QED) is 0.0985. The van der Waals surface area contributed by atoms with Gasteiger partial charge in [-0.3, -0.25) is 14.4 Å². The van der Waals surface area contributed by atoms with E-state index >= 15 is 0 Å². The standard InChI is InChI=1S/C24H44N2O5S/c1-2-3-4-5-6-7-8-9-10-11-12-13-14-19(21(27)15-16-23(29)30)22(28)17-26-24(31)20(25)18-32/h13-14,19-21,27,32H,2-12,15-18,25H2,1H3,(H,26,31)(H,29,30)/b14-13+. The Morgan fingerprint density at radius 1 is 1.00 bits per heavy atom. The van der Waals surface area contributed by atoms with Gasteiger partial charge in [0, 0.05) is 12.2 Å². The van der Waals surface area contributed by atoms with Gasteiger partial charge in [-0.05, 0) is 19.3 Å². The summed E-state index contributed by atoms with van der Waals surface area (Å²) >= 11 is 3.95. The number of nitrogens with two attached hydrogens (primary N) is 1. The molecule has 0 aliphatic heterocycles. The molecule has 0 saturated carbocycles. The minimum atomic E-state index is -1.11. The zero-order valence-electron chi connectivity index (χ0n) is 19.6. The van der Waals surface area contributed by atoms with Gasteiger partial charge in [-0.1, -0.05) is 76.9 Å². The minimum Gasteiger partial charge on any atom is -0.481 e. The number of amides is 1. The molecular weight excluding hydrogens is 428 g/mol. The third-order valence-electron chi connectivity index (χ3n) is 5.48. The molecule has 3 atom stereocenters. The second-order valence-electron chi connectivity index (χ2n) is 8.40. The van der Waals surface area contributed by atoms with Gasteiger partial charge in [0.15, 0.2) is 5.78 Å². The summed E-state index contributed by atoms with van der Waals surface area (Å²) < 4.78 is 0. The fourth-order valence-electron chi connectivity index (χ4n) is 3.40. The van der Waals surface area contributed by atoms with E-state index in [1.165, 1.54) is 51.4 Å². The van der Waals surface area contributed by atoms with E-state index in [4.69, 9.17) is 10.8 Å². The number of thiol groups is 1. The zero-order valence-corrected chi connectivity index (χ0v) is 20.5. The van der Waals surface area contributed by atoms with Gasteiger partial charge >= 0.3 is 5.97 Å². The molecule has 0 aromatic rings. The Balaban J connectivity index is 4.38. The Morgan fingerprint density at radius 2 is 1.56 bits per heavy atom. The Morgan fingerprint density at radius 3 is 2.09 bits per heavy atom. The van der Waals surface area contributed by atoms with Gasteiger partial charge in [0.05, 0.1) is 24.6 Å². The summed E-state index contributed by atoms with van der Waals surface area (Å²) in [5.41, 5.74) is 5.58. The number of aliphatic carboxylic acids is 1. The van der Waals surface area contributed by atoms with Gasteiger partial charge in [-0.15, -0.1) is 0 Å². The van der Waals surface area contributed by atoms with Crippen LogP contribution in [0.2, 0.25) is 0 Å². The maximum Gasteiger partial charge on any atom is 0.303 e. The highest BCUT2D eigenvalue weighted by atomic mass is 32.1. The monoisotopic (exact) mass is 472 g/mol. The number of Topliss-reactive ketones (excluding diaryl/α,β-unsaturated/α-hetero) is 1. The number of carbonyl (C=O) groups is 3. The molecule has 0 fully saturated rings. The predicted molar refractivity (Wildman–Crippen MR) is 132 cm³/mol. The molecule has 3 unspecified atom stereocenters. The number of nitrogens with one attached hydrogen (secondary N) is 1. The van der Waals surface area contributed by atoms with Crippen molar-refractivity contribution >= 4 is 30.3 Å². The van der Waals surface area contributed by atoms with Crippen molar-refractivity contribution in [2.24, 2.45) is 11.7 Å². The normalized spacial score (nSPS) is 14.2. The second-order valence-corrected chi connectivity index (χ2v) is 8.76. The van der Waals surface area contributed by atoms with Crippen molar-refractivity contribution in [1.82, 2.24) is 5.32 Å². The smallest absolute Gasteiger partial charge is 0.303 e. The minimum absolute atomic E-state index is 0.0293. The summed E-state index contributed by atoms with van der Waals surface area (Å²) in [6.45, 7) is 1.96. The molecule has 0 aliphatic carbocycles. The Hall–Kier alpha value is -1.38. The van der Waals surface area contributed by atoms with E-state index in [2.05, 4.69) is 24.9 Å². The van der Waals surface area contributed by atoms with E-state index in [0.717, 1.165) is 19.3 Å². The molecule has 0 saturated heterocycles. The third-order valence-corrected chi connectivity index (χ3v) is 5.87.